The Kier molecular flexibility index (Phi) is 2.21. The van der Waals surface area contributed by atoms with Gasteiger partial charge in [0.25, 0.3) is 0 Å². The third-order valence-corrected chi connectivity index (χ3v) is 2.11. The van der Waals surface area contributed by atoms with Gasteiger partial charge in [-0.3, -0.25) is 4.57 Å². The molecule has 0 atom stereocenters. The first-order valence-electron chi connectivity index (χ1n) is 4.39. The van der Waals surface area contributed by atoms with Gasteiger partial charge in [0.1, 0.15) is 12.2 Å². The van der Waals surface area contributed by atoms with Crippen LogP contribution >= 0.6 is 0 Å². The maximum Gasteiger partial charge on any atom is 0.335 e. The molecule has 1 heterocycles. The summed E-state index contributed by atoms with van der Waals surface area (Å²) in [5, 5.41) is 16.3. The molecule has 0 aliphatic heterocycles. The van der Waals surface area contributed by atoms with Crippen molar-refractivity contribution in [1.82, 2.24) is 14.8 Å². The lowest BCUT2D eigenvalue weighted by Gasteiger charge is -2.03. The number of nitrogens with zero attached hydrogens (tertiary/aromatic N) is 3. The number of aromatic nitrogens is 3. The minimum atomic E-state index is -0.929. The molecule has 2 rings (SSSR count). The Labute approximate surface area is 86.0 Å². The summed E-state index contributed by atoms with van der Waals surface area (Å²) in [5.74, 6) is -0.167. The van der Waals surface area contributed by atoms with Crippen LogP contribution in [0.5, 0.6) is 0 Å². The summed E-state index contributed by atoms with van der Waals surface area (Å²) in [7, 11) is 0. The van der Waals surface area contributed by atoms with Crippen LogP contribution in [0.1, 0.15) is 16.2 Å². The number of hydrogen-bond acceptors (Lipinski definition) is 3. The van der Waals surface area contributed by atoms with Crippen molar-refractivity contribution in [3.63, 3.8) is 0 Å². The van der Waals surface area contributed by atoms with Crippen LogP contribution < -0.4 is 0 Å². The number of aromatic carboxylic acids is 1. The minimum absolute atomic E-state index is 0.268. The van der Waals surface area contributed by atoms with Crippen LogP contribution in [0.3, 0.4) is 0 Å². The lowest BCUT2D eigenvalue weighted by atomic mass is 10.2. The van der Waals surface area contributed by atoms with Crippen LogP contribution in [-0.4, -0.2) is 25.8 Å². The lowest BCUT2D eigenvalue weighted by Crippen LogP contribution is -1.98. The molecule has 0 unspecified atom stereocenters. The van der Waals surface area contributed by atoms with Gasteiger partial charge in [-0.25, -0.2) is 4.79 Å². The van der Waals surface area contributed by atoms with E-state index in [1.807, 2.05) is 6.92 Å². The maximum absolute atomic E-state index is 10.6. The smallest absolute Gasteiger partial charge is 0.335 e. The van der Waals surface area contributed by atoms with Crippen molar-refractivity contribution in [2.45, 2.75) is 6.92 Å². The summed E-state index contributed by atoms with van der Waals surface area (Å²) in [5.41, 5.74) is 1.12. The molecule has 1 N–H and O–H groups in total. The molecule has 2 aromatic rings. The molecular formula is C10H9N3O2. The fraction of sp³-hybridized carbons (Fsp3) is 0.100. The zero-order chi connectivity index (χ0) is 10.8. The molecule has 0 fully saturated rings. The van der Waals surface area contributed by atoms with Crippen LogP contribution in [0, 0.1) is 6.92 Å². The number of carbonyl (C=O) groups is 1. The molecule has 1 aromatic heterocycles. The Hall–Kier alpha value is -2.17. The SMILES string of the molecule is Cc1nncn1-c1ccc(C(=O)O)cc1. The second-order valence-corrected chi connectivity index (χ2v) is 3.10. The summed E-state index contributed by atoms with van der Waals surface area (Å²) in [4.78, 5) is 10.6. The van der Waals surface area contributed by atoms with Crippen molar-refractivity contribution >= 4 is 5.97 Å². The quantitative estimate of drug-likeness (QED) is 0.798. The summed E-state index contributed by atoms with van der Waals surface area (Å²) < 4.78 is 1.78. The first kappa shape index (κ1) is 9.39. The predicted octanol–water partition coefficient (Wildman–Crippen LogP) is 1.27. The monoisotopic (exact) mass is 203 g/mol. The highest BCUT2D eigenvalue weighted by Gasteiger charge is 2.04. The highest BCUT2D eigenvalue weighted by Crippen LogP contribution is 2.10. The van der Waals surface area contributed by atoms with E-state index in [0.29, 0.717) is 0 Å². The topological polar surface area (TPSA) is 68.0 Å². The van der Waals surface area contributed by atoms with Gasteiger partial charge >= 0.3 is 5.97 Å². The molecule has 15 heavy (non-hydrogen) atoms. The van der Waals surface area contributed by atoms with Gasteiger partial charge < -0.3 is 5.11 Å². The molecule has 5 heteroatoms. The third kappa shape index (κ3) is 1.71. The molecule has 0 aliphatic rings. The second kappa shape index (κ2) is 3.53. The predicted molar refractivity (Wildman–Crippen MR) is 53.1 cm³/mol. The molecular weight excluding hydrogens is 194 g/mol. The summed E-state index contributed by atoms with van der Waals surface area (Å²) in [6.07, 6.45) is 1.59. The van der Waals surface area contributed by atoms with E-state index in [1.165, 1.54) is 0 Å². The highest BCUT2D eigenvalue weighted by atomic mass is 16.4. The largest absolute Gasteiger partial charge is 0.478 e. The number of benzene rings is 1. The van der Waals surface area contributed by atoms with E-state index >= 15 is 0 Å². The Morgan fingerprint density at radius 1 is 1.33 bits per heavy atom. The Morgan fingerprint density at radius 3 is 2.47 bits per heavy atom. The van der Waals surface area contributed by atoms with E-state index in [2.05, 4.69) is 10.2 Å². The number of aryl methyl sites for hydroxylation is 1. The van der Waals surface area contributed by atoms with Gasteiger partial charge in [0, 0.05) is 5.69 Å². The maximum atomic E-state index is 10.6. The Morgan fingerprint density at radius 2 is 2.00 bits per heavy atom. The van der Waals surface area contributed by atoms with Crippen LogP contribution in [0.15, 0.2) is 30.6 Å². The van der Waals surface area contributed by atoms with Gasteiger partial charge in [0.15, 0.2) is 0 Å². The van der Waals surface area contributed by atoms with Crippen LogP contribution in [0.25, 0.3) is 5.69 Å². The van der Waals surface area contributed by atoms with Crippen molar-refractivity contribution in [2.75, 3.05) is 0 Å². The van der Waals surface area contributed by atoms with Crippen molar-refractivity contribution < 1.29 is 9.90 Å². The number of carboxylic acid groups (broad SMARTS) is 1. The fourth-order valence-electron chi connectivity index (χ4n) is 1.31. The Bertz CT molecular complexity index is 488. The minimum Gasteiger partial charge on any atom is -0.478 e. The van der Waals surface area contributed by atoms with Crippen LogP contribution in [0.2, 0.25) is 0 Å². The molecule has 0 radical (unpaired) electrons. The average Bonchev–Trinajstić information content (AvgIpc) is 2.65. The van der Waals surface area contributed by atoms with Crippen LogP contribution in [0.4, 0.5) is 0 Å². The van der Waals surface area contributed by atoms with Crippen molar-refractivity contribution in [2.24, 2.45) is 0 Å². The van der Waals surface area contributed by atoms with Crippen molar-refractivity contribution in [3.8, 4) is 5.69 Å². The first-order valence-corrected chi connectivity index (χ1v) is 4.39. The molecule has 1 aromatic carbocycles. The van der Waals surface area contributed by atoms with Gasteiger partial charge in [-0.1, -0.05) is 0 Å². The summed E-state index contributed by atoms with van der Waals surface area (Å²) in [6, 6.07) is 6.55. The van der Waals surface area contributed by atoms with Crippen molar-refractivity contribution in [3.05, 3.63) is 42.0 Å². The van der Waals surface area contributed by atoms with Crippen LogP contribution in [-0.2, 0) is 0 Å². The summed E-state index contributed by atoms with van der Waals surface area (Å²) in [6.45, 7) is 1.83. The van der Waals surface area contributed by atoms with E-state index in [0.717, 1.165) is 11.5 Å². The molecule has 5 nitrogen and oxygen atoms in total. The molecule has 76 valence electrons. The van der Waals surface area contributed by atoms with E-state index in [9.17, 15) is 4.79 Å². The van der Waals surface area contributed by atoms with Gasteiger partial charge in [0.2, 0.25) is 0 Å². The number of rotatable bonds is 2. The van der Waals surface area contributed by atoms with E-state index in [-0.39, 0.29) is 5.56 Å². The van der Waals surface area contributed by atoms with Gasteiger partial charge in [-0.15, -0.1) is 10.2 Å². The van der Waals surface area contributed by atoms with Gasteiger partial charge in [-0.05, 0) is 31.2 Å². The zero-order valence-corrected chi connectivity index (χ0v) is 8.08. The fourth-order valence-corrected chi connectivity index (χ4v) is 1.31. The first-order chi connectivity index (χ1) is 7.18. The second-order valence-electron chi connectivity index (χ2n) is 3.10. The normalized spacial score (nSPS) is 10.2. The van der Waals surface area contributed by atoms with E-state index in [4.69, 9.17) is 5.11 Å². The molecule has 0 saturated carbocycles. The highest BCUT2D eigenvalue weighted by molar-refractivity contribution is 5.87. The molecule has 0 saturated heterocycles. The zero-order valence-electron chi connectivity index (χ0n) is 8.08. The molecule has 0 aliphatic carbocycles. The molecule has 0 spiro atoms. The molecule has 0 amide bonds. The number of carboxylic acids is 1. The van der Waals surface area contributed by atoms with E-state index < -0.39 is 5.97 Å². The third-order valence-electron chi connectivity index (χ3n) is 2.11. The van der Waals surface area contributed by atoms with E-state index in [1.54, 1.807) is 35.2 Å². The Balaban J connectivity index is 2.40. The standard InChI is InChI=1S/C10H9N3O2/c1-7-12-11-6-13(7)9-4-2-8(3-5-9)10(14)15/h2-6H,1H3,(H,14,15). The van der Waals surface area contributed by atoms with Crippen molar-refractivity contribution in [1.29, 1.82) is 0 Å². The van der Waals surface area contributed by atoms with Gasteiger partial charge in [-0.2, -0.15) is 0 Å². The number of hydrogen-bond donors (Lipinski definition) is 1. The average molecular weight is 203 g/mol. The van der Waals surface area contributed by atoms with Gasteiger partial charge in [0.05, 0.1) is 5.56 Å². The summed E-state index contributed by atoms with van der Waals surface area (Å²) >= 11 is 0. The lowest BCUT2D eigenvalue weighted by molar-refractivity contribution is 0.0697. The molecule has 0 bridgehead atoms.